The molecule has 3 rings (SSSR count). The number of aromatic nitrogens is 2. The fourth-order valence-electron chi connectivity index (χ4n) is 2.56. The van der Waals surface area contributed by atoms with Gasteiger partial charge in [-0.1, -0.05) is 29.2 Å². The van der Waals surface area contributed by atoms with Gasteiger partial charge in [-0.2, -0.15) is 0 Å². The smallest absolute Gasteiger partial charge is 0.251 e. The quantitative estimate of drug-likeness (QED) is 0.503. The zero-order valence-corrected chi connectivity index (χ0v) is 17.2. The first-order chi connectivity index (χ1) is 13.5. The van der Waals surface area contributed by atoms with Crippen LogP contribution in [-0.2, 0) is 9.59 Å². The van der Waals surface area contributed by atoms with Crippen molar-refractivity contribution in [3.63, 3.8) is 0 Å². The van der Waals surface area contributed by atoms with Gasteiger partial charge in [-0.3, -0.25) is 19.3 Å². The van der Waals surface area contributed by atoms with Crippen LogP contribution in [0.5, 0.6) is 0 Å². The number of hydrogen-bond acceptors (Lipinski definition) is 7. The fraction of sp³-hybridized carbons (Fsp3) is 0.389. The number of nitrogens with zero attached hydrogens (tertiary/aromatic N) is 3. The van der Waals surface area contributed by atoms with Crippen molar-refractivity contribution in [2.24, 2.45) is 0 Å². The van der Waals surface area contributed by atoms with Crippen molar-refractivity contribution in [3.05, 3.63) is 29.8 Å². The highest BCUT2D eigenvalue weighted by atomic mass is 32.2. The highest BCUT2D eigenvalue weighted by molar-refractivity contribution is 8.01. The van der Waals surface area contributed by atoms with Gasteiger partial charge >= 0.3 is 0 Å². The Morgan fingerprint density at radius 2 is 2.07 bits per heavy atom. The minimum atomic E-state index is -0.208. The highest BCUT2D eigenvalue weighted by Crippen LogP contribution is 2.35. The largest absolute Gasteiger partial charge is 0.352 e. The molecule has 1 saturated carbocycles. The van der Waals surface area contributed by atoms with Crippen LogP contribution in [-0.4, -0.2) is 46.3 Å². The average Bonchev–Trinajstić information content (AvgIpc) is 3.37. The Hall–Kier alpha value is -2.46. The SMILES string of the molecule is CCNC(=O)c1cccc(NC(=O)CSc2nnc(N(C(C)=O)C3CC3)s2)c1. The van der Waals surface area contributed by atoms with Gasteiger partial charge in [0.15, 0.2) is 4.34 Å². The molecule has 0 bridgehead atoms. The number of carbonyl (C=O) groups is 3. The van der Waals surface area contributed by atoms with E-state index < -0.39 is 0 Å². The Morgan fingerprint density at radius 1 is 1.29 bits per heavy atom. The molecule has 28 heavy (non-hydrogen) atoms. The first-order valence-electron chi connectivity index (χ1n) is 8.92. The van der Waals surface area contributed by atoms with E-state index in [1.54, 1.807) is 29.2 Å². The summed E-state index contributed by atoms with van der Waals surface area (Å²) in [6.07, 6.45) is 1.97. The molecule has 8 nitrogen and oxygen atoms in total. The Morgan fingerprint density at radius 3 is 2.75 bits per heavy atom. The third-order valence-electron chi connectivity index (χ3n) is 3.93. The van der Waals surface area contributed by atoms with Gasteiger partial charge in [0.05, 0.1) is 5.75 Å². The van der Waals surface area contributed by atoms with Gasteiger partial charge in [0.25, 0.3) is 5.91 Å². The summed E-state index contributed by atoms with van der Waals surface area (Å²) < 4.78 is 0.633. The maximum Gasteiger partial charge on any atom is 0.251 e. The van der Waals surface area contributed by atoms with Crippen LogP contribution in [0, 0.1) is 0 Å². The summed E-state index contributed by atoms with van der Waals surface area (Å²) in [6, 6.07) is 7.01. The van der Waals surface area contributed by atoms with Crippen LogP contribution in [0.4, 0.5) is 10.8 Å². The zero-order valence-electron chi connectivity index (χ0n) is 15.6. The molecule has 0 spiro atoms. The first kappa shape index (κ1) is 20.3. The predicted molar refractivity (Wildman–Crippen MR) is 110 cm³/mol. The second-order valence-electron chi connectivity index (χ2n) is 6.25. The third kappa shape index (κ3) is 5.29. The lowest BCUT2D eigenvalue weighted by Gasteiger charge is -2.15. The van der Waals surface area contributed by atoms with Crippen LogP contribution in [0.3, 0.4) is 0 Å². The Kier molecular flexibility index (Phi) is 6.63. The van der Waals surface area contributed by atoms with Crippen LogP contribution >= 0.6 is 23.1 Å². The minimum Gasteiger partial charge on any atom is -0.352 e. The molecule has 0 aliphatic heterocycles. The molecule has 1 aliphatic carbocycles. The van der Waals surface area contributed by atoms with E-state index >= 15 is 0 Å². The number of nitrogens with one attached hydrogen (secondary N) is 2. The molecular weight excluding hydrogens is 398 g/mol. The molecule has 1 aromatic carbocycles. The second kappa shape index (κ2) is 9.16. The van der Waals surface area contributed by atoms with Gasteiger partial charge < -0.3 is 10.6 Å². The van der Waals surface area contributed by atoms with Crippen LogP contribution in [0.2, 0.25) is 0 Å². The summed E-state index contributed by atoms with van der Waals surface area (Å²) in [7, 11) is 0. The molecule has 0 radical (unpaired) electrons. The van der Waals surface area contributed by atoms with Crippen LogP contribution in [0.1, 0.15) is 37.0 Å². The van der Waals surface area contributed by atoms with E-state index in [0.717, 1.165) is 12.8 Å². The maximum atomic E-state index is 12.2. The van der Waals surface area contributed by atoms with Gasteiger partial charge in [0.1, 0.15) is 0 Å². The molecule has 1 aromatic heterocycles. The number of carbonyl (C=O) groups excluding carboxylic acids is 3. The Labute approximate surface area is 171 Å². The van der Waals surface area contributed by atoms with Crippen LogP contribution in [0.25, 0.3) is 0 Å². The van der Waals surface area contributed by atoms with E-state index in [4.69, 9.17) is 0 Å². The molecule has 0 saturated heterocycles. The van der Waals surface area contributed by atoms with E-state index in [9.17, 15) is 14.4 Å². The third-order valence-corrected chi connectivity index (χ3v) is 5.98. The molecule has 1 fully saturated rings. The number of rotatable bonds is 8. The molecule has 0 atom stereocenters. The monoisotopic (exact) mass is 419 g/mol. The standard InChI is InChI=1S/C18H21N5O3S2/c1-3-19-16(26)12-5-4-6-13(9-12)20-15(25)10-27-18-22-21-17(28-18)23(11(2)24)14-7-8-14/h4-6,9,14H,3,7-8,10H2,1-2H3,(H,19,26)(H,20,25). The minimum absolute atomic E-state index is 0.0417. The van der Waals surface area contributed by atoms with Crippen molar-refractivity contribution in [1.82, 2.24) is 15.5 Å². The van der Waals surface area contributed by atoms with E-state index in [2.05, 4.69) is 20.8 Å². The summed E-state index contributed by atoms with van der Waals surface area (Å²) in [5, 5.41) is 14.2. The topological polar surface area (TPSA) is 104 Å². The summed E-state index contributed by atoms with van der Waals surface area (Å²) in [6.45, 7) is 3.91. The Balaban J connectivity index is 1.54. The zero-order chi connectivity index (χ0) is 20.1. The van der Waals surface area contributed by atoms with Gasteiger partial charge in [-0.05, 0) is 38.0 Å². The molecule has 3 amide bonds. The fourth-order valence-corrected chi connectivity index (χ4v) is 4.32. The van der Waals surface area contributed by atoms with Crippen LogP contribution in [0.15, 0.2) is 28.6 Å². The number of thioether (sulfide) groups is 1. The van der Waals surface area contributed by atoms with E-state index in [0.29, 0.717) is 27.3 Å². The van der Waals surface area contributed by atoms with Crippen molar-refractivity contribution in [1.29, 1.82) is 0 Å². The maximum absolute atomic E-state index is 12.2. The van der Waals surface area contributed by atoms with Gasteiger partial charge in [-0.15, -0.1) is 10.2 Å². The second-order valence-corrected chi connectivity index (χ2v) is 8.43. The number of amides is 3. The molecule has 1 heterocycles. The van der Waals surface area contributed by atoms with E-state index in [-0.39, 0.29) is 29.5 Å². The van der Waals surface area contributed by atoms with Gasteiger partial charge in [0, 0.05) is 30.8 Å². The highest BCUT2D eigenvalue weighted by Gasteiger charge is 2.34. The summed E-state index contributed by atoms with van der Waals surface area (Å²) >= 11 is 2.57. The predicted octanol–water partition coefficient (Wildman–Crippen LogP) is 2.53. The van der Waals surface area contributed by atoms with Crippen molar-refractivity contribution in [2.45, 2.75) is 37.1 Å². The normalized spacial score (nSPS) is 13.1. The van der Waals surface area contributed by atoms with Crippen molar-refractivity contribution >= 4 is 51.6 Å². The molecule has 0 unspecified atom stereocenters. The van der Waals surface area contributed by atoms with Crippen LogP contribution < -0.4 is 15.5 Å². The lowest BCUT2D eigenvalue weighted by atomic mass is 10.2. The summed E-state index contributed by atoms with van der Waals surface area (Å²) in [5.74, 6) is -0.274. The molecule has 10 heteroatoms. The Bertz CT molecular complexity index is 882. The van der Waals surface area contributed by atoms with Gasteiger partial charge in [-0.25, -0.2) is 0 Å². The van der Waals surface area contributed by atoms with Crippen molar-refractivity contribution < 1.29 is 14.4 Å². The number of anilines is 2. The molecule has 148 valence electrons. The van der Waals surface area contributed by atoms with Gasteiger partial charge in [0.2, 0.25) is 16.9 Å². The van der Waals surface area contributed by atoms with E-state index in [1.165, 1.54) is 30.0 Å². The average molecular weight is 420 g/mol. The number of benzene rings is 1. The lowest BCUT2D eigenvalue weighted by molar-refractivity contribution is -0.116. The molecule has 2 N–H and O–H groups in total. The molecule has 2 aromatic rings. The van der Waals surface area contributed by atoms with Crippen molar-refractivity contribution in [3.8, 4) is 0 Å². The van der Waals surface area contributed by atoms with E-state index in [1.807, 2.05) is 6.92 Å². The molecule has 1 aliphatic rings. The lowest BCUT2D eigenvalue weighted by Crippen LogP contribution is -2.30. The number of hydrogen-bond donors (Lipinski definition) is 2. The summed E-state index contributed by atoms with van der Waals surface area (Å²) in [4.78, 5) is 37.6. The summed E-state index contributed by atoms with van der Waals surface area (Å²) in [5.41, 5.74) is 1.05. The first-order valence-corrected chi connectivity index (χ1v) is 10.7. The van der Waals surface area contributed by atoms with Crippen molar-refractivity contribution in [2.75, 3.05) is 22.5 Å². The molecular formula is C18H21N5O3S2.